The second-order valence-corrected chi connectivity index (χ2v) is 5.06. The number of hydrogen-bond acceptors (Lipinski definition) is 3. The van der Waals surface area contributed by atoms with Crippen molar-refractivity contribution in [2.24, 2.45) is 10.9 Å². The molecule has 0 atom stereocenters. The molecule has 0 radical (unpaired) electrons. The molecular formula is C14H20FN3O. The van der Waals surface area contributed by atoms with E-state index in [1.54, 1.807) is 6.07 Å². The molecule has 104 valence electrons. The minimum absolute atomic E-state index is 0.198. The first kappa shape index (κ1) is 13.8. The normalized spacial score (nSPS) is 17.3. The Balaban J connectivity index is 2.08. The molecule has 0 heterocycles. The van der Waals surface area contributed by atoms with Gasteiger partial charge in [0.25, 0.3) is 0 Å². The smallest absolute Gasteiger partial charge is 0.153 e. The van der Waals surface area contributed by atoms with E-state index in [0.29, 0.717) is 19.1 Å². The third-order valence-electron chi connectivity index (χ3n) is 3.61. The van der Waals surface area contributed by atoms with Crippen molar-refractivity contribution >= 4 is 5.84 Å². The summed E-state index contributed by atoms with van der Waals surface area (Å²) in [6.45, 7) is 1.04. The molecule has 0 aliphatic heterocycles. The van der Waals surface area contributed by atoms with E-state index >= 15 is 0 Å². The van der Waals surface area contributed by atoms with Crippen molar-refractivity contribution in [1.82, 2.24) is 4.90 Å². The van der Waals surface area contributed by atoms with Gasteiger partial charge in [-0.25, -0.2) is 4.39 Å². The summed E-state index contributed by atoms with van der Waals surface area (Å²) in [6.07, 6.45) is 4.66. The topological polar surface area (TPSA) is 61.8 Å². The molecule has 1 aliphatic rings. The summed E-state index contributed by atoms with van der Waals surface area (Å²) in [4.78, 5) is 2.16. The van der Waals surface area contributed by atoms with Gasteiger partial charge >= 0.3 is 0 Å². The van der Waals surface area contributed by atoms with Crippen molar-refractivity contribution in [3.8, 4) is 0 Å². The quantitative estimate of drug-likeness (QED) is 0.372. The highest BCUT2D eigenvalue weighted by molar-refractivity contribution is 5.81. The predicted molar refractivity (Wildman–Crippen MR) is 72.5 cm³/mol. The van der Waals surface area contributed by atoms with Crippen LogP contribution in [0, 0.1) is 5.82 Å². The Kier molecular flexibility index (Phi) is 4.74. The molecule has 0 bridgehead atoms. The second kappa shape index (κ2) is 6.52. The van der Waals surface area contributed by atoms with Gasteiger partial charge in [0.1, 0.15) is 5.82 Å². The maximum absolute atomic E-state index is 13.2. The van der Waals surface area contributed by atoms with Crippen LogP contribution in [0.3, 0.4) is 0 Å². The zero-order valence-electron chi connectivity index (χ0n) is 10.9. The average Bonchev–Trinajstić information content (AvgIpc) is 2.91. The van der Waals surface area contributed by atoms with Crippen molar-refractivity contribution in [1.29, 1.82) is 0 Å². The predicted octanol–water partition coefficient (Wildman–Crippen LogP) is 2.32. The fourth-order valence-corrected chi connectivity index (χ4v) is 2.69. The summed E-state index contributed by atoms with van der Waals surface area (Å²) in [5.74, 6) is -0.0315. The van der Waals surface area contributed by atoms with E-state index in [0.717, 1.165) is 18.4 Å². The van der Waals surface area contributed by atoms with Crippen molar-refractivity contribution < 1.29 is 9.60 Å². The second-order valence-electron chi connectivity index (χ2n) is 5.06. The molecule has 0 spiro atoms. The van der Waals surface area contributed by atoms with E-state index in [9.17, 15) is 4.39 Å². The molecule has 2 rings (SSSR count). The summed E-state index contributed by atoms with van der Waals surface area (Å²) in [6, 6.07) is 7.02. The minimum Gasteiger partial charge on any atom is -0.409 e. The van der Waals surface area contributed by atoms with Gasteiger partial charge in [0.05, 0.1) is 6.54 Å². The van der Waals surface area contributed by atoms with Gasteiger partial charge < -0.3 is 10.9 Å². The van der Waals surface area contributed by atoms with E-state index in [4.69, 9.17) is 10.9 Å². The summed E-state index contributed by atoms with van der Waals surface area (Å²) >= 11 is 0. The zero-order valence-corrected chi connectivity index (χ0v) is 10.9. The van der Waals surface area contributed by atoms with Crippen molar-refractivity contribution in [2.45, 2.75) is 38.3 Å². The lowest BCUT2D eigenvalue weighted by Gasteiger charge is -2.28. The van der Waals surface area contributed by atoms with Crippen LogP contribution in [0.5, 0.6) is 0 Å². The highest BCUT2D eigenvalue weighted by Gasteiger charge is 2.23. The van der Waals surface area contributed by atoms with Crippen LogP contribution in [0.25, 0.3) is 0 Å². The molecule has 19 heavy (non-hydrogen) atoms. The summed E-state index contributed by atoms with van der Waals surface area (Å²) in [7, 11) is 0. The van der Waals surface area contributed by atoms with Crippen molar-refractivity contribution in [3.05, 3.63) is 35.6 Å². The number of halogens is 1. The number of nitrogens with two attached hydrogens (primary N) is 1. The molecule has 1 aromatic rings. The molecule has 0 amide bonds. The molecule has 0 unspecified atom stereocenters. The zero-order chi connectivity index (χ0) is 13.7. The van der Waals surface area contributed by atoms with Gasteiger partial charge in [-0.2, -0.15) is 0 Å². The highest BCUT2D eigenvalue weighted by atomic mass is 19.1. The highest BCUT2D eigenvalue weighted by Crippen LogP contribution is 2.24. The first-order chi connectivity index (χ1) is 9.19. The van der Waals surface area contributed by atoms with E-state index in [1.807, 2.05) is 6.07 Å². The van der Waals surface area contributed by atoms with Crippen LogP contribution in [0.4, 0.5) is 4.39 Å². The van der Waals surface area contributed by atoms with Crippen LogP contribution in [0.15, 0.2) is 29.4 Å². The Morgan fingerprint density at radius 3 is 2.79 bits per heavy atom. The monoisotopic (exact) mass is 265 g/mol. The van der Waals surface area contributed by atoms with Gasteiger partial charge in [-0.15, -0.1) is 0 Å². The molecule has 5 heteroatoms. The SMILES string of the molecule is NC(CN(Cc1cccc(F)c1)C1CCCC1)=NO. The molecule has 1 aliphatic carbocycles. The third-order valence-corrected chi connectivity index (χ3v) is 3.61. The number of benzene rings is 1. The molecule has 1 fully saturated rings. The average molecular weight is 265 g/mol. The number of hydrogen-bond donors (Lipinski definition) is 2. The van der Waals surface area contributed by atoms with Gasteiger partial charge in [-0.1, -0.05) is 30.1 Å². The Labute approximate surface area is 112 Å². The minimum atomic E-state index is -0.229. The lowest BCUT2D eigenvalue weighted by Crippen LogP contribution is -2.39. The molecule has 0 aromatic heterocycles. The lowest BCUT2D eigenvalue weighted by molar-refractivity contribution is 0.214. The molecule has 1 saturated carbocycles. The van der Waals surface area contributed by atoms with Crippen LogP contribution in [0.1, 0.15) is 31.2 Å². The van der Waals surface area contributed by atoms with Crippen LogP contribution >= 0.6 is 0 Å². The fourth-order valence-electron chi connectivity index (χ4n) is 2.69. The van der Waals surface area contributed by atoms with Crippen molar-refractivity contribution in [3.63, 3.8) is 0 Å². The van der Waals surface area contributed by atoms with Crippen LogP contribution in [0.2, 0.25) is 0 Å². The Morgan fingerprint density at radius 1 is 1.42 bits per heavy atom. The fraction of sp³-hybridized carbons (Fsp3) is 0.500. The third kappa shape index (κ3) is 3.92. The first-order valence-electron chi connectivity index (χ1n) is 6.64. The van der Waals surface area contributed by atoms with Crippen LogP contribution in [-0.4, -0.2) is 28.5 Å². The first-order valence-corrected chi connectivity index (χ1v) is 6.64. The van der Waals surface area contributed by atoms with Gasteiger partial charge in [0.15, 0.2) is 5.84 Å². The van der Waals surface area contributed by atoms with Crippen LogP contribution in [-0.2, 0) is 6.54 Å². The van der Waals surface area contributed by atoms with E-state index in [-0.39, 0.29) is 11.7 Å². The summed E-state index contributed by atoms with van der Waals surface area (Å²) < 4.78 is 13.2. The van der Waals surface area contributed by atoms with Gasteiger partial charge in [0.2, 0.25) is 0 Å². The molecule has 0 saturated heterocycles. The molecular weight excluding hydrogens is 245 g/mol. The largest absolute Gasteiger partial charge is 0.409 e. The maximum Gasteiger partial charge on any atom is 0.153 e. The Hall–Kier alpha value is -1.62. The number of rotatable bonds is 5. The van der Waals surface area contributed by atoms with Crippen molar-refractivity contribution in [2.75, 3.05) is 6.54 Å². The van der Waals surface area contributed by atoms with E-state index in [1.165, 1.54) is 25.0 Å². The molecule has 3 N–H and O–H groups in total. The molecule has 1 aromatic carbocycles. The Bertz CT molecular complexity index is 444. The number of nitrogens with zero attached hydrogens (tertiary/aromatic N) is 2. The van der Waals surface area contributed by atoms with Crippen LogP contribution < -0.4 is 5.73 Å². The maximum atomic E-state index is 13.2. The number of amidine groups is 1. The number of oxime groups is 1. The van der Waals surface area contributed by atoms with Gasteiger partial charge in [-0.05, 0) is 30.5 Å². The molecule has 4 nitrogen and oxygen atoms in total. The van der Waals surface area contributed by atoms with Gasteiger partial charge in [-0.3, -0.25) is 4.90 Å². The van der Waals surface area contributed by atoms with E-state index in [2.05, 4.69) is 10.1 Å². The summed E-state index contributed by atoms with van der Waals surface area (Å²) in [5, 5.41) is 11.8. The van der Waals surface area contributed by atoms with E-state index < -0.39 is 0 Å². The lowest BCUT2D eigenvalue weighted by atomic mass is 10.1. The Morgan fingerprint density at radius 2 is 2.16 bits per heavy atom. The standard InChI is InChI=1S/C14H20FN3O/c15-12-5-3-4-11(8-12)9-18(10-14(16)17-19)13-6-1-2-7-13/h3-5,8,13,19H,1-2,6-7,9-10H2,(H2,16,17). The van der Waals surface area contributed by atoms with Gasteiger partial charge in [0, 0.05) is 12.6 Å². The summed E-state index contributed by atoms with van der Waals surface area (Å²) in [5.41, 5.74) is 6.52.